The second kappa shape index (κ2) is 6.86. The molecule has 0 radical (unpaired) electrons. The largest absolute Gasteiger partial charge is 0.493 e. The van der Waals surface area contributed by atoms with Gasteiger partial charge in [-0.05, 0) is 38.5 Å². The summed E-state index contributed by atoms with van der Waals surface area (Å²) in [6.45, 7) is 5.68. The van der Waals surface area contributed by atoms with Crippen molar-refractivity contribution in [3.05, 3.63) is 51.4 Å². The number of esters is 1. The van der Waals surface area contributed by atoms with Crippen LogP contribution in [0.2, 0.25) is 0 Å². The van der Waals surface area contributed by atoms with Gasteiger partial charge in [0, 0.05) is 24.7 Å². The van der Waals surface area contributed by atoms with Crippen molar-refractivity contribution in [3.63, 3.8) is 0 Å². The molecule has 0 saturated heterocycles. The molecule has 0 fully saturated rings. The number of hydrogen-bond donors (Lipinski definition) is 0. The van der Waals surface area contributed by atoms with Crippen molar-refractivity contribution in [2.24, 2.45) is 7.05 Å². The molecule has 1 aromatic carbocycles. The lowest BCUT2D eigenvalue weighted by molar-refractivity contribution is -0.135. The molecule has 1 atom stereocenters. The van der Waals surface area contributed by atoms with Gasteiger partial charge in [0.05, 0.1) is 25.2 Å². The Hall–Kier alpha value is -2.76. The molecule has 0 amide bonds. The topological polar surface area (TPSA) is 66.8 Å². The van der Waals surface area contributed by atoms with Gasteiger partial charge >= 0.3 is 5.97 Å². The van der Waals surface area contributed by atoms with E-state index in [2.05, 4.69) is 0 Å². The van der Waals surface area contributed by atoms with E-state index in [4.69, 9.17) is 14.2 Å². The minimum Gasteiger partial charge on any atom is -0.493 e. The molecule has 0 bridgehead atoms. The predicted molar refractivity (Wildman–Crippen MR) is 97.3 cm³/mol. The summed E-state index contributed by atoms with van der Waals surface area (Å²) in [6, 6.07) is 7.23. The lowest BCUT2D eigenvalue weighted by atomic mass is 9.86. The lowest BCUT2D eigenvalue weighted by Gasteiger charge is -2.26. The van der Waals surface area contributed by atoms with E-state index < -0.39 is 0 Å². The van der Waals surface area contributed by atoms with Crippen LogP contribution in [0.3, 0.4) is 0 Å². The lowest BCUT2D eigenvalue weighted by Crippen LogP contribution is -2.32. The molecule has 1 aromatic heterocycles. The van der Waals surface area contributed by atoms with Crippen molar-refractivity contribution in [1.29, 1.82) is 0 Å². The Morgan fingerprint density at radius 2 is 1.92 bits per heavy atom. The predicted octanol–water partition coefficient (Wildman–Crippen LogP) is 2.93. The van der Waals surface area contributed by atoms with Crippen LogP contribution >= 0.6 is 0 Å². The van der Waals surface area contributed by atoms with E-state index in [1.165, 1.54) is 0 Å². The molecule has 1 aliphatic heterocycles. The van der Waals surface area contributed by atoms with Crippen molar-refractivity contribution in [1.82, 2.24) is 4.57 Å². The van der Waals surface area contributed by atoms with Crippen LogP contribution in [-0.2, 0) is 11.8 Å². The van der Waals surface area contributed by atoms with Crippen LogP contribution in [0.5, 0.6) is 17.2 Å². The number of aromatic nitrogens is 1. The number of carbonyl (C=O) groups is 1. The van der Waals surface area contributed by atoms with Crippen LogP contribution in [-0.4, -0.2) is 23.8 Å². The summed E-state index contributed by atoms with van der Waals surface area (Å²) in [5.74, 6) is 0.805. The fourth-order valence-electron chi connectivity index (χ4n) is 3.19. The van der Waals surface area contributed by atoms with Crippen molar-refractivity contribution in [3.8, 4) is 17.2 Å². The summed E-state index contributed by atoms with van der Waals surface area (Å²) in [7, 11) is 3.28. The zero-order valence-corrected chi connectivity index (χ0v) is 15.7. The highest BCUT2D eigenvalue weighted by Crippen LogP contribution is 2.40. The van der Waals surface area contributed by atoms with Crippen molar-refractivity contribution in [2.45, 2.75) is 39.2 Å². The van der Waals surface area contributed by atoms with Crippen LogP contribution < -0.4 is 19.8 Å². The summed E-state index contributed by atoms with van der Waals surface area (Å²) in [4.78, 5) is 24.9. The number of benzene rings is 1. The van der Waals surface area contributed by atoms with Gasteiger partial charge < -0.3 is 18.8 Å². The number of carbonyl (C=O) groups excluding carboxylic acids is 1. The monoisotopic (exact) mass is 357 g/mol. The number of nitrogens with zero attached hydrogens (tertiary/aromatic N) is 1. The Morgan fingerprint density at radius 1 is 1.19 bits per heavy atom. The third-order valence-corrected chi connectivity index (χ3v) is 4.57. The Kier molecular flexibility index (Phi) is 4.76. The smallest absolute Gasteiger partial charge is 0.312 e. The fraction of sp³-hybridized carbons (Fsp3) is 0.400. The van der Waals surface area contributed by atoms with Gasteiger partial charge in [-0.25, -0.2) is 0 Å². The van der Waals surface area contributed by atoms with E-state index in [9.17, 15) is 9.59 Å². The van der Waals surface area contributed by atoms with Gasteiger partial charge in [-0.2, -0.15) is 0 Å². The number of rotatable bonds is 4. The maximum Gasteiger partial charge on any atom is 0.312 e. The number of aryl methyl sites for hydroxylation is 1. The van der Waals surface area contributed by atoms with Crippen molar-refractivity contribution < 1.29 is 19.0 Å². The summed E-state index contributed by atoms with van der Waals surface area (Å²) >= 11 is 0. The number of fused-ring (bicyclic) bond motifs is 1. The first-order valence-electron chi connectivity index (χ1n) is 8.57. The maximum atomic E-state index is 12.8. The number of ether oxygens (including phenoxy) is 3. The maximum absolute atomic E-state index is 12.8. The average molecular weight is 357 g/mol. The van der Waals surface area contributed by atoms with E-state index >= 15 is 0 Å². The van der Waals surface area contributed by atoms with E-state index in [0.29, 0.717) is 22.8 Å². The summed E-state index contributed by atoms with van der Waals surface area (Å²) in [6.07, 6.45) is 0.120. The molecule has 0 spiro atoms. The highest BCUT2D eigenvalue weighted by Gasteiger charge is 2.32. The van der Waals surface area contributed by atoms with Crippen LogP contribution in [0, 0.1) is 6.92 Å². The zero-order chi connectivity index (χ0) is 19.0. The minimum atomic E-state index is -0.382. The van der Waals surface area contributed by atoms with Crippen molar-refractivity contribution >= 4 is 5.97 Å². The number of pyridine rings is 1. The molecule has 0 saturated carbocycles. The molecule has 2 aromatic rings. The molecule has 6 heteroatoms. The Labute approximate surface area is 152 Å². The quantitative estimate of drug-likeness (QED) is 0.787. The first-order chi connectivity index (χ1) is 12.3. The highest BCUT2D eigenvalue weighted by molar-refractivity contribution is 5.77. The number of methoxy groups -OCH3 is 1. The van der Waals surface area contributed by atoms with Gasteiger partial charge in [0.2, 0.25) is 0 Å². The van der Waals surface area contributed by atoms with Gasteiger partial charge in [0.1, 0.15) is 5.75 Å². The number of hydrogen-bond acceptors (Lipinski definition) is 5. The molecule has 1 aliphatic rings. The Morgan fingerprint density at radius 3 is 2.58 bits per heavy atom. The zero-order valence-electron chi connectivity index (χ0n) is 15.7. The van der Waals surface area contributed by atoms with E-state index in [1.54, 1.807) is 31.7 Å². The summed E-state index contributed by atoms with van der Waals surface area (Å²) in [5, 5.41) is 0. The van der Waals surface area contributed by atoms with Gasteiger partial charge in [-0.15, -0.1) is 0 Å². The van der Waals surface area contributed by atoms with E-state index in [1.807, 2.05) is 32.0 Å². The average Bonchev–Trinajstić information content (AvgIpc) is 2.58. The van der Waals surface area contributed by atoms with E-state index in [-0.39, 0.29) is 30.0 Å². The van der Waals surface area contributed by atoms with Gasteiger partial charge in [0.25, 0.3) is 5.56 Å². The second-order valence-electron chi connectivity index (χ2n) is 6.74. The highest BCUT2D eigenvalue weighted by atomic mass is 16.5. The van der Waals surface area contributed by atoms with Crippen LogP contribution in [0.25, 0.3) is 0 Å². The summed E-state index contributed by atoms with van der Waals surface area (Å²) in [5.41, 5.74) is 1.90. The third kappa shape index (κ3) is 3.19. The van der Waals surface area contributed by atoms with Crippen LogP contribution in [0.15, 0.2) is 29.1 Å². The molecular weight excluding hydrogens is 334 g/mol. The normalized spacial score (nSPS) is 16.2. The van der Waals surface area contributed by atoms with Gasteiger partial charge in [-0.3, -0.25) is 9.59 Å². The van der Waals surface area contributed by atoms with Gasteiger partial charge in [0.15, 0.2) is 11.5 Å². The van der Waals surface area contributed by atoms with Crippen molar-refractivity contribution in [2.75, 3.05) is 7.11 Å². The van der Waals surface area contributed by atoms with Crippen LogP contribution in [0.4, 0.5) is 0 Å². The SMILES string of the molecule is COc1cc([C@H]2CC(=O)Oc3cc(C)n(C)c(=O)c32)ccc1OC(C)C. The molecule has 26 heavy (non-hydrogen) atoms. The third-order valence-electron chi connectivity index (χ3n) is 4.57. The molecule has 138 valence electrons. The van der Waals surface area contributed by atoms with Crippen LogP contribution in [0.1, 0.15) is 43.0 Å². The Balaban J connectivity index is 2.12. The summed E-state index contributed by atoms with van der Waals surface area (Å²) < 4.78 is 18.1. The minimum absolute atomic E-state index is 0.00963. The molecule has 6 nitrogen and oxygen atoms in total. The first-order valence-corrected chi connectivity index (χ1v) is 8.57. The second-order valence-corrected chi connectivity index (χ2v) is 6.74. The molecule has 0 aliphatic carbocycles. The molecule has 0 unspecified atom stereocenters. The standard InChI is InChI=1S/C20H23NO5/c1-11(2)25-15-7-6-13(9-16(15)24-5)14-10-18(22)26-17-8-12(3)21(4)20(23)19(14)17/h6-9,11,14H,10H2,1-5H3/t14-/m1/s1. The molecular formula is C20H23NO5. The molecule has 0 N–H and O–H groups in total. The fourth-order valence-corrected chi connectivity index (χ4v) is 3.19. The molecule has 3 rings (SSSR count). The van der Waals surface area contributed by atoms with E-state index in [0.717, 1.165) is 11.3 Å². The Bertz CT molecular complexity index is 913. The first kappa shape index (κ1) is 18.0. The van der Waals surface area contributed by atoms with Gasteiger partial charge in [-0.1, -0.05) is 6.07 Å². The molecule has 2 heterocycles.